The highest BCUT2D eigenvalue weighted by molar-refractivity contribution is 7.80. The van der Waals surface area contributed by atoms with Crippen LogP contribution >= 0.6 is 35.4 Å². The van der Waals surface area contributed by atoms with Crippen LogP contribution in [0.3, 0.4) is 0 Å². The summed E-state index contributed by atoms with van der Waals surface area (Å²) in [4.78, 5) is 13.4. The van der Waals surface area contributed by atoms with Gasteiger partial charge in [0.1, 0.15) is 5.75 Å². The molecule has 0 spiro atoms. The van der Waals surface area contributed by atoms with Crippen molar-refractivity contribution in [3.63, 3.8) is 0 Å². The van der Waals surface area contributed by atoms with Gasteiger partial charge in [0.25, 0.3) is 0 Å². The largest absolute Gasteiger partial charge is 0.497 e. The molecule has 0 amide bonds. The number of nitrogens with one attached hydrogen (secondary N) is 3. The summed E-state index contributed by atoms with van der Waals surface area (Å²) in [6.07, 6.45) is 0. The summed E-state index contributed by atoms with van der Waals surface area (Å²) in [6, 6.07) is 14.6. The topological polar surface area (TPSA) is 83.5 Å². The SMILES string of the molecule is COc1cccc(CN=C(NC(=S)Nc2ccc(Cl)cc2Cl)Nc2nc(C)cc(C)n2)c1. The van der Waals surface area contributed by atoms with E-state index >= 15 is 0 Å². The van der Waals surface area contributed by atoms with Gasteiger partial charge in [-0.05, 0) is 68.0 Å². The lowest BCUT2D eigenvalue weighted by atomic mass is 10.2. The van der Waals surface area contributed by atoms with Gasteiger partial charge in [-0.3, -0.25) is 5.32 Å². The first kappa shape index (κ1) is 23.7. The number of guanidine groups is 1. The lowest BCUT2D eigenvalue weighted by Crippen LogP contribution is -2.39. The smallest absolute Gasteiger partial charge is 0.229 e. The molecule has 10 heteroatoms. The number of aliphatic imine (C=N–C) groups is 1. The molecular formula is C22H22Cl2N6OS. The summed E-state index contributed by atoms with van der Waals surface area (Å²) in [5.74, 6) is 1.54. The Kier molecular flexibility index (Phi) is 8.21. The predicted octanol–water partition coefficient (Wildman–Crippen LogP) is 5.36. The fraction of sp³-hybridized carbons (Fsp3) is 0.182. The quantitative estimate of drug-likeness (QED) is 0.253. The molecule has 7 nitrogen and oxygen atoms in total. The van der Waals surface area contributed by atoms with Crippen molar-refractivity contribution in [2.75, 3.05) is 17.7 Å². The number of anilines is 2. The minimum atomic E-state index is 0.287. The summed E-state index contributed by atoms with van der Waals surface area (Å²) in [6.45, 7) is 4.17. The van der Waals surface area contributed by atoms with Crippen molar-refractivity contribution in [2.24, 2.45) is 4.99 Å². The van der Waals surface area contributed by atoms with Crippen LogP contribution in [0.2, 0.25) is 10.0 Å². The van der Waals surface area contributed by atoms with Crippen molar-refractivity contribution < 1.29 is 4.74 Å². The monoisotopic (exact) mass is 488 g/mol. The third-order valence-corrected chi connectivity index (χ3v) is 4.93. The maximum atomic E-state index is 6.23. The van der Waals surface area contributed by atoms with Crippen molar-refractivity contribution in [3.8, 4) is 5.75 Å². The van der Waals surface area contributed by atoms with Gasteiger partial charge in [0.15, 0.2) is 5.11 Å². The maximum absolute atomic E-state index is 6.23. The van der Waals surface area contributed by atoms with Crippen molar-refractivity contribution in [1.82, 2.24) is 15.3 Å². The van der Waals surface area contributed by atoms with E-state index in [1.54, 1.807) is 25.3 Å². The Hall–Kier alpha value is -2.94. The average Bonchev–Trinajstić information content (AvgIpc) is 2.73. The van der Waals surface area contributed by atoms with Gasteiger partial charge in [0.05, 0.1) is 24.4 Å². The van der Waals surface area contributed by atoms with Crippen LogP contribution in [0.1, 0.15) is 17.0 Å². The molecule has 0 bridgehead atoms. The number of halogens is 2. The number of ether oxygens (including phenoxy) is 1. The predicted molar refractivity (Wildman–Crippen MR) is 135 cm³/mol. The van der Waals surface area contributed by atoms with E-state index in [-0.39, 0.29) is 5.11 Å². The molecule has 0 unspecified atom stereocenters. The van der Waals surface area contributed by atoms with Crippen molar-refractivity contribution in [3.05, 3.63) is 75.5 Å². The zero-order valence-electron chi connectivity index (χ0n) is 17.7. The second-order valence-corrected chi connectivity index (χ2v) is 8.07. The molecular weight excluding hydrogens is 467 g/mol. The molecule has 0 aliphatic rings. The van der Waals surface area contributed by atoms with Gasteiger partial charge in [-0.1, -0.05) is 35.3 Å². The summed E-state index contributed by atoms with van der Waals surface area (Å²) in [5, 5.41) is 10.5. The molecule has 0 aliphatic carbocycles. The first-order valence-corrected chi connectivity index (χ1v) is 10.8. The molecule has 1 heterocycles. The van der Waals surface area contributed by atoms with Crippen molar-refractivity contribution in [1.29, 1.82) is 0 Å². The number of hydrogen-bond donors (Lipinski definition) is 3. The number of benzene rings is 2. The fourth-order valence-electron chi connectivity index (χ4n) is 2.79. The minimum Gasteiger partial charge on any atom is -0.497 e. The number of thiocarbonyl (C=S) groups is 1. The second-order valence-electron chi connectivity index (χ2n) is 6.82. The van der Waals surface area contributed by atoms with Crippen LogP contribution < -0.4 is 20.7 Å². The first-order valence-electron chi connectivity index (χ1n) is 9.62. The first-order chi connectivity index (χ1) is 15.3. The summed E-state index contributed by atoms with van der Waals surface area (Å²) in [5.41, 5.74) is 3.25. The van der Waals surface area contributed by atoms with Crippen molar-refractivity contribution in [2.45, 2.75) is 20.4 Å². The molecule has 3 rings (SSSR count). The van der Waals surface area contributed by atoms with Crippen LogP contribution in [0.15, 0.2) is 53.5 Å². The van der Waals surface area contributed by atoms with Crippen molar-refractivity contribution >= 4 is 58.1 Å². The van der Waals surface area contributed by atoms with Crippen LogP contribution in [0.5, 0.6) is 5.75 Å². The Bertz CT molecular complexity index is 1130. The average molecular weight is 489 g/mol. The molecule has 0 saturated carbocycles. The summed E-state index contributed by atoms with van der Waals surface area (Å²) < 4.78 is 5.28. The minimum absolute atomic E-state index is 0.287. The molecule has 2 aromatic carbocycles. The Morgan fingerprint density at radius 1 is 1.03 bits per heavy atom. The maximum Gasteiger partial charge on any atom is 0.229 e. The molecule has 166 valence electrons. The van der Waals surface area contributed by atoms with Gasteiger partial charge in [0.2, 0.25) is 11.9 Å². The highest BCUT2D eigenvalue weighted by Gasteiger charge is 2.09. The second kappa shape index (κ2) is 11.1. The van der Waals surface area contributed by atoms with E-state index in [2.05, 4.69) is 30.9 Å². The number of rotatable bonds is 5. The number of aromatic nitrogens is 2. The van der Waals surface area contributed by atoms with E-state index in [1.165, 1.54) is 0 Å². The molecule has 1 aromatic heterocycles. The third kappa shape index (κ3) is 7.05. The molecule has 3 N–H and O–H groups in total. The van der Waals surface area contributed by atoms with Gasteiger partial charge in [-0.15, -0.1) is 0 Å². The van der Waals surface area contributed by atoms with Crippen LogP contribution in [0.4, 0.5) is 11.6 Å². The zero-order valence-corrected chi connectivity index (χ0v) is 20.1. The molecule has 0 radical (unpaired) electrons. The normalized spacial score (nSPS) is 11.1. The number of nitrogens with zero attached hydrogens (tertiary/aromatic N) is 3. The Morgan fingerprint density at radius 2 is 1.78 bits per heavy atom. The van der Waals surface area contributed by atoms with E-state index in [0.29, 0.717) is 34.2 Å². The fourth-order valence-corrected chi connectivity index (χ4v) is 3.45. The molecule has 3 aromatic rings. The Morgan fingerprint density at radius 3 is 2.47 bits per heavy atom. The van der Waals surface area contributed by atoms with E-state index in [4.69, 9.17) is 40.2 Å². The van der Waals surface area contributed by atoms with Gasteiger partial charge < -0.3 is 15.4 Å². The van der Waals surface area contributed by atoms with Gasteiger partial charge in [-0.2, -0.15) is 0 Å². The van der Waals surface area contributed by atoms with E-state index in [9.17, 15) is 0 Å². The lowest BCUT2D eigenvalue weighted by molar-refractivity contribution is 0.414. The Balaban J connectivity index is 1.80. The Labute approximate surface area is 202 Å². The van der Waals surface area contributed by atoms with Crippen LogP contribution in [-0.2, 0) is 6.54 Å². The third-order valence-electron chi connectivity index (χ3n) is 4.18. The van der Waals surface area contributed by atoms with E-state index < -0.39 is 0 Å². The lowest BCUT2D eigenvalue weighted by Gasteiger charge is -2.15. The standard InChI is InChI=1S/C22H22Cl2N6OS/c1-13-9-14(2)27-21(26-13)29-20(25-12-15-5-4-6-17(10-15)31-3)30-22(32)28-19-8-7-16(23)11-18(19)24/h4-11H,12H2,1-3H3,(H3,25,26,27,28,29,30,32). The number of hydrogen-bond acceptors (Lipinski definition) is 5. The molecule has 0 aliphatic heterocycles. The van der Waals surface area contributed by atoms with Crippen LogP contribution in [0.25, 0.3) is 0 Å². The van der Waals surface area contributed by atoms with Crippen LogP contribution in [-0.4, -0.2) is 28.1 Å². The summed E-state index contributed by atoms with van der Waals surface area (Å²) in [7, 11) is 1.63. The van der Waals surface area contributed by atoms with E-state index in [0.717, 1.165) is 22.7 Å². The van der Waals surface area contributed by atoms with E-state index in [1.807, 2.05) is 44.2 Å². The number of aryl methyl sites for hydroxylation is 2. The van der Waals surface area contributed by atoms with Gasteiger partial charge >= 0.3 is 0 Å². The summed E-state index contributed by atoms with van der Waals surface area (Å²) >= 11 is 17.6. The van der Waals surface area contributed by atoms with Gasteiger partial charge in [-0.25, -0.2) is 15.0 Å². The highest BCUT2D eigenvalue weighted by atomic mass is 35.5. The highest BCUT2D eigenvalue weighted by Crippen LogP contribution is 2.25. The molecule has 32 heavy (non-hydrogen) atoms. The van der Waals surface area contributed by atoms with Gasteiger partial charge in [0, 0.05) is 16.4 Å². The number of methoxy groups -OCH3 is 1. The molecule has 0 fully saturated rings. The molecule has 0 saturated heterocycles. The molecule has 0 atom stereocenters. The zero-order chi connectivity index (χ0) is 23.1. The van der Waals surface area contributed by atoms with Crippen LogP contribution in [0, 0.1) is 13.8 Å².